The van der Waals surface area contributed by atoms with Gasteiger partial charge in [-0.05, 0) is 23.6 Å². The zero-order chi connectivity index (χ0) is 15.1. The highest BCUT2D eigenvalue weighted by Crippen LogP contribution is 2.38. The van der Waals surface area contributed by atoms with Gasteiger partial charge in [-0.1, -0.05) is 19.9 Å². The van der Waals surface area contributed by atoms with E-state index in [1.165, 1.54) is 5.56 Å². The monoisotopic (exact) mass is 286 g/mol. The first kappa shape index (κ1) is 13.7. The number of benzene rings is 1. The van der Waals surface area contributed by atoms with E-state index >= 15 is 0 Å². The molecule has 110 valence electrons. The molecule has 1 aliphatic heterocycles. The van der Waals surface area contributed by atoms with Crippen molar-refractivity contribution >= 4 is 5.97 Å². The summed E-state index contributed by atoms with van der Waals surface area (Å²) in [6.45, 7) is 4.73. The average molecular weight is 286 g/mol. The summed E-state index contributed by atoms with van der Waals surface area (Å²) in [5, 5.41) is 13.5. The molecule has 1 aliphatic rings. The summed E-state index contributed by atoms with van der Waals surface area (Å²) in [4.78, 5) is 11.4. The van der Waals surface area contributed by atoms with Gasteiger partial charge in [0.1, 0.15) is 5.75 Å². The van der Waals surface area contributed by atoms with Gasteiger partial charge in [0.25, 0.3) is 0 Å². The zero-order valence-electron chi connectivity index (χ0n) is 12.4. The van der Waals surface area contributed by atoms with E-state index in [4.69, 9.17) is 4.74 Å². The van der Waals surface area contributed by atoms with Crippen LogP contribution in [0.25, 0.3) is 11.3 Å². The average Bonchev–Trinajstić information content (AvgIpc) is 2.65. The van der Waals surface area contributed by atoms with Crippen molar-refractivity contribution in [1.29, 1.82) is 0 Å². The molecule has 1 aromatic heterocycles. The van der Waals surface area contributed by atoms with E-state index in [2.05, 4.69) is 31.1 Å². The van der Waals surface area contributed by atoms with Crippen LogP contribution in [0.1, 0.15) is 41.4 Å². The molecule has 2 heterocycles. The van der Waals surface area contributed by atoms with Crippen LogP contribution in [0.3, 0.4) is 0 Å². The van der Waals surface area contributed by atoms with Crippen LogP contribution in [-0.4, -0.2) is 27.5 Å². The molecule has 0 amide bonds. The Hall–Kier alpha value is -2.30. The zero-order valence-corrected chi connectivity index (χ0v) is 12.4. The summed E-state index contributed by atoms with van der Waals surface area (Å²) in [7, 11) is 1.78. The van der Waals surface area contributed by atoms with Gasteiger partial charge in [0, 0.05) is 24.6 Å². The minimum atomic E-state index is -0.990. The third-order valence-electron chi connectivity index (χ3n) is 3.88. The van der Waals surface area contributed by atoms with E-state index in [0.29, 0.717) is 18.9 Å². The third-order valence-corrected chi connectivity index (χ3v) is 3.88. The molecule has 1 N–H and O–H groups in total. The molecule has 0 fully saturated rings. The second-order valence-electron chi connectivity index (χ2n) is 5.61. The molecule has 0 atom stereocenters. The number of hydrogen-bond acceptors (Lipinski definition) is 3. The van der Waals surface area contributed by atoms with Gasteiger partial charge in [-0.15, -0.1) is 0 Å². The van der Waals surface area contributed by atoms with Gasteiger partial charge in [0.05, 0.1) is 12.3 Å². The smallest absolute Gasteiger partial charge is 0.356 e. The van der Waals surface area contributed by atoms with Crippen molar-refractivity contribution in [1.82, 2.24) is 9.78 Å². The molecule has 0 unspecified atom stereocenters. The van der Waals surface area contributed by atoms with E-state index in [1.54, 1.807) is 11.7 Å². The Labute approximate surface area is 123 Å². The van der Waals surface area contributed by atoms with Crippen LogP contribution in [0.2, 0.25) is 0 Å². The van der Waals surface area contributed by atoms with Gasteiger partial charge in [-0.3, -0.25) is 4.68 Å². The number of fused-ring (bicyclic) bond motifs is 3. The fourth-order valence-corrected chi connectivity index (χ4v) is 2.79. The summed E-state index contributed by atoms with van der Waals surface area (Å²) in [6.07, 6.45) is 0.552. The number of nitrogens with zero attached hydrogens (tertiary/aromatic N) is 2. The van der Waals surface area contributed by atoms with Crippen LogP contribution in [0, 0.1) is 0 Å². The molecule has 0 spiro atoms. The van der Waals surface area contributed by atoms with Crippen molar-refractivity contribution in [3.8, 4) is 17.0 Å². The van der Waals surface area contributed by atoms with Gasteiger partial charge in [0.2, 0.25) is 0 Å². The molecule has 0 radical (unpaired) electrons. The number of ether oxygens (including phenoxy) is 1. The van der Waals surface area contributed by atoms with Gasteiger partial charge in [-0.2, -0.15) is 5.10 Å². The minimum Gasteiger partial charge on any atom is -0.493 e. The number of aromatic carboxylic acids is 1. The maximum absolute atomic E-state index is 11.4. The van der Waals surface area contributed by atoms with Crippen LogP contribution in [-0.2, 0) is 13.5 Å². The molecule has 0 bridgehead atoms. The standard InChI is InChI=1S/C16H18N2O3/c1-9(2)10-4-5-13-12(8-10)15-11(6-7-21-13)14(16(19)20)17-18(15)3/h4-5,8-9H,6-7H2,1-3H3,(H,19,20). The first-order valence-electron chi connectivity index (χ1n) is 7.05. The van der Waals surface area contributed by atoms with Crippen molar-refractivity contribution in [3.63, 3.8) is 0 Å². The van der Waals surface area contributed by atoms with Gasteiger partial charge >= 0.3 is 5.97 Å². The van der Waals surface area contributed by atoms with E-state index in [9.17, 15) is 9.90 Å². The lowest BCUT2D eigenvalue weighted by atomic mass is 9.97. The summed E-state index contributed by atoms with van der Waals surface area (Å²) in [5.74, 6) is 0.197. The fraction of sp³-hybridized carbons (Fsp3) is 0.375. The highest BCUT2D eigenvalue weighted by molar-refractivity contribution is 5.90. The van der Waals surface area contributed by atoms with E-state index in [0.717, 1.165) is 22.6 Å². The predicted octanol–water partition coefficient (Wildman–Crippen LogP) is 2.84. The first-order valence-corrected chi connectivity index (χ1v) is 7.05. The number of aromatic nitrogens is 2. The number of hydrogen-bond donors (Lipinski definition) is 1. The van der Waals surface area contributed by atoms with E-state index < -0.39 is 5.97 Å². The minimum absolute atomic E-state index is 0.124. The quantitative estimate of drug-likeness (QED) is 0.922. The number of carboxylic acid groups (broad SMARTS) is 1. The molecule has 5 nitrogen and oxygen atoms in total. The lowest BCUT2D eigenvalue weighted by Gasteiger charge is -2.12. The first-order chi connectivity index (χ1) is 9.99. The van der Waals surface area contributed by atoms with Crippen LogP contribution < -0.4 is 4.74 Å². The Morgan fingerprint density at radius 2 is 2.19 bits per heavy atom. The highest BCUT2D eigenvalue weighted by Gasteiger charge is 2.26. The second kappa shape index (κ2) is 4.91. The molecule has 0 saturated heterocycles. The van der Waals surface area contributed by atoms with Crippen molar-refractivity contribution in [3.05, 3.63) is 35.0 Å². The number of rotatable bonds is 2. The SMILES string of the molecule is CC(C)c1ccc2c(c1)-c1c(c(C(=O)O)nn1C)CCO2. The molecule has 1 aromatic carbocycles. The van der Waals surface area contributed by atoms with Crippen LogP contribution >= 0.6 is 0 Å². The van der Waals surface area contributed by atoms with Crippen LogP contribution in [0.15, 0.2) is 18.2 Å². The van der Waals surface area contributed by atoms with Gasteiger partial charge < -0.3 is 9.84 Å². The van der Waals surface area contributed by atoms with Crippen LogP contribution in [0.5, 0.6) is 5.75 Å². The summed E-state index contributed by atoms with van der Waals surface area (Å²) in [5.41, 5.74) is 3.85. The van der Waals surface area contributed by atoms with Crippen molar-refractivity contribution in [2.24, 2.45) is 7.05 Å². The molecular weight excluding hydrogens is 268 g/mol. The topological polar surface area (TPSA) is 64.3 Å². The number of carbonyl (C=O) groups is 1. The molecule has 21 heavy (non-hydrogen) atoms. The Kier molecular flexibility index (Phi) is 3.20. The van der Waals surface area contributed by atoms with E-state index in [-0.39, 0.29) is 5.69 Å². The normalized spacial score (nSPS) is 13.3. The predicted molar refractivity (Wildman–Crippen MR) is 78.9 cm³/mol. The molecule has 5 heteroatoms. The molecular formula is C16H18N2O3. The lowest BCUT2D eigenvalue weighted by Crippen LogP contribution is -2.05. The third kappa shape index (κ3) is 2.18. The molecule has 0 saturated carbocycles. The largest absolute Gasteiger partial charge is 0.493 e. The van der Waals surface area contributed by atoms with Crippen molar-refractivity contribution in [2.75, 3.05) is 6.61 Å². The summed E-state index contributed by atoms with van der Waals surface area (Å²) < 4.78 is 7.43. The highest BCUT2D eigenvalue weighted by atomic mass is 16.5. The summed E-state index contributed by atoms with van der Waals surface area (Å²) >= 11 is 0. The Morgan fingerprint density at radius 1 is 1.43 bits per heavy atom. The second-order valence-corrected chi connectivity index (χ2v) is 5.61. The number of carboxylic acids is 1. The van der Waals surface area contributed by atoms with Crippen LogP contribution in [0.4, 0.5) is 0 Å². The number of aryl methyl sites for hydroxylation is 1. The van der Waals surface area contributed by atoms with Crippen molar-refractivity contribution < 1.29 is 14.6 Å². The lowest BCUT2D eigenvalue weighted by molar-refractivity contribution is 0.0688. The van der Waals surface area contributed by atoms with E-state index in [1.807, 2.05) is 6.07 Å². The molecule has 0 aliphatic carbocycles. The summed E-state index contributed by atoms with van der Waals surface area (Å²) in [6, 6.07) is 6.10. The Morgan fingerprint density at radius 3 is 2.86 bits per heavy atom. The Bertz CT molecular complexity index is 717. The van der Waals surface area contributed by atoms with Gasteiger partial charge in [0.15, 0.2) is 5.69 Å². The van der Waals surface area contributed by atoms with Crippen molar-refractivity contribution in [2.45, 2.75) is 26.2 Å². The Balaban J connectivity index is 2.27. The fourth-order valence-electron chi connectivity index (χ4n) is 2.79. The maximum Gasteiger partial charge on any atom is 0.356 e. The molecule has 2 aromatic rings. The molecule has 3 rings (SSSR count). The van der Waals surface area contributed by atoms with Gasteiger partial charge in [-0.25, -0.2) is 4.79 Å². The maximum atomic E-state index is 11.4.